The first-order chi connectivity index (χ1) is 20.5. The molecule has 4 aromatic rings. The Morgan fingerprint density at radius 2 is 1.84 bits per heavy atom. The Hall–Kier alpha value is -3.28. The molecule has 8 nitrogen and oxygen atoms in total. The largest absolute Gasteiger partial charge is 0.361 e. The highest BCUT2D eigenvalue weighted by Crippen LogP contribution is 2.29. The molecule has 0 spiro atoms. The van der Waals surface area contributed by atoms with Gasteiger partial charge in [-0.05, 0) is 68.0 Å². The lowest BCUT2D eigenvalue weighted by Crippen LogP contribution is -2.39. The van der Waals surface area contributed by atoms with Crippen LogP contribution in [0, 0.1) is 5.92 Å². The van der Waals surface area contributed by atoms with Crippen molar-refractivity contribution in [1.82, 2.24) is 24.0 Å². The molecule has 1 N–H and O–H groups in total. The Morgan fingerprint density at radius 3 is 2.53 bits per heavy atom. The molecule has 0 saturated heterocycles. The zero-order chi connectivity index (χ0) is 30.7. The maximum absolute atomic E-state index is 13.9. The van der Waals surface area contributed by atoms with Gasteiger partial charge in [0, 0.05) is 39.7 Å². The summed E-state index contributed by atoms with van der Waals surface area (Å²) in [6, 6.07) is 13.8. The quantitative estimate of drug-likeness (QED) is 0.145. The number of pyridine rings is 1. The highest BCUT2D eigenvalue weighted by atomic mass is 35.5. The Kier molecular flexibility index (Phi) is 9.53. The number of hydrogen-bond donors (Lipinski definition) is 1. The molecule has 230 valence electrons. The molecular weight excluding hydrogens is 592 g/mol. The molecule has 1 aliphatic carbocycles. The van der Waals surface area contributed by atoms with E-state index < -0.39 is 26.1 Å². The number of carbonyl (C=O) groups is 1. The van der Waals surface area contributed by atoms with Crippen LogP contribution in [-0.2, 0) is 18.0 Å². The van der Waals surface area contributed by atoms with Crippen molar-refractivity contribution in [2.45, 2.75) is 77.1 Å². The number of nitrogens with one attached hydrogen (secondary N) is 1. The standard InChI is InChI=1S/C31H38ClF2N5O3Si/c1-43(2,3)16-15-42-20-37-14-6-9-27(37)39-26-8-5-4-7-25(26)38(31(39)41)19-21-10-12-23(13-11-21)36-30(40)24-17-22(32)18-35-28(24)29(33)34/h4-9,14,17-18,21,23,29H,10-13,15-16,19-20H2,1-3H3,(H,36,40)/t21-,23-. The van der Waals surface area contributed by atoms with Crippen LogP contribution in [0.4, 0.5) is 8.78 Å². The summed E-state index contributed by atoms with van der Waals surface area (Å²) in [6.07, 6.45) is 3.10. The second-order valence-corrected chi connectivity index (χ2v) is 18.5. The number of imidazole rings is 1. The van der Waals surface area contributed by atoms with E-state index in [1.54, 1.807) is 4.57 Å². The Bertz CT molecular complexity index is 1640. The van der Waals surface area contributed by atoms with Crippen molar-refractivity contribution >= 4 is 36.6 Å². The first-order valence-corrected chi connectivity index (χ1v) is 18.8. The van der Waals surface area contributed by atoms with E-state index in [2.05, 4.69) is 29.9 Å². The van der Waals surface area contributed by atoms with Crippen LogP contribution in [-0.4, -0.2) is 45.3 Å². The Morgan fingerprint density at radius 1 is 1.12 bits per heavy atom. The number of fused-ring (bicyclic) bond motifs is 1. The van der Waals surface area contributed by atoms with E-state index in [4.69, 9.17) is 16.3 Å². The molecule has 1 fully saturated rings. The minimum absolute atomic E-state index is 0.105. The van der Waals surface area contributed by atoms with Crippen LogP contribution >= 0.6 is 11.6 Å². The molecular formula is C31H38ClF2N5O3Si. The maximum Gasteiger partial charge on any atom is 0.334 e. The van der Waals surface area contributed by atoms with Gasteiger partial charge in [-0.25, -0.2) is 18.1 Å². The summed E-state index contributed by atoms with van der Waals surface area (Å²) < 4.78 is 38.3. The minimum atomic E-state index is -2.88. The van der Waals surface area contributed by atoms with E-state index in [9.17, 15) is 18.4 Å². The van der Waals surface area contributed by atoms with Crippen molar-refractivity contribution in [3.63, 3.8) is 0 Å². The maximum atomic E-state index is 13.9. The molecule has 3 aromatic heterocycles. The van der Waals surface area contributed by atoms with Crippen molar-refractivity contribution in [2.24, 2.45) is 5.92 Å². The van der Waals surface area contributed by atoms with E-state index in [1.807, 2.05) is 51.7 Å². The zero-order valence-electron chi connectivity index (χ0n) is 24.7. The van der Waals surface area contributed by atoms with Crippen LogP contribution in [0.2, 0.25) is 30.7 Å². The molecule has 0 radical (unpaired) electrons. The lowest BCUT2D eigenvalue weighted by Gasteiger charge is -2.29. The van der Waals surface area contributed by atoms with Crippen LogP contribution in [0.15, 0.2) is 59.7 Å². The van der Waals surface area contributed by atoms with Gasteiger partial charge < -0.3 is 14.6 Å². The third-order valence-corrected chi connectivity index (χ3v) is 9.97. The van der Waals surface area contributed by atoms with Gasteiger partial charge in [0.15, 0.2) is 0 Å². The van der Waals surface area contributed by atoms with Crippen molar-refractivity contribution < 1.29 is 18.3 Å². The van der Waals surface area contributed by atoms with Gasteiger partial charge in [0.1, 0.15) is 18.2 Å². The summed E-state index contributed by atoms with van der Waals surface area (Å²) in [4.78, 5) is 30.4. The molecule has 0 bridgehead atoms. The van der Waals surface area contributed by atoms with E-state index in [0.29, 0.717) is 32.7 Å². The van der Waals surface area contributed by atoms with Gasteiger partial charge in [0.05, 0.1) is 21.6 Å². The summed E-state index contributed by atoms with van der Waals surface area (Å²) in [5.74, 6) is 0.393. The number of alkyl halides is 2. The van der Waals surface area contributed by atoms with E-state index in [-0.39, 0.29) is 28.2 Å². The molecule has 0 unspecified atom stereocenters. The number of benzene rings is 1. The van der Waals surface area contributed by atoms with Gasteiger partial charge in [-0.15, -0.1) is 0 Å². The average Bonchev–Trinajstić information content (AvgIpc) is 3.52. The van der Waals surface area contributed by atoms with Gasteiger partial charge in [0.2, 0.25) is 0 Å². The Labute approximate surface area is 255 Å². The summed E-state index contributed by atoms with van der Waals surface area (Å²) in [7, 11) is -1.21. The highest BCUT2D eigenvalue weighted by Gasteiger charge is 2.27. The van der Waals surface area contributed by atoms with Crippen molar-refractivity contribution in [3.05, 3.63) is 81.6 Å². The molecule has 1 amide bonds. The van der Waals surface area contributed by atoms with Crippen molar-refractivity contribution in [2.75, 3.05) is 6.61 Å². The van der Waals surface area contributed by atoms with Crippen LogP contribution in [0.1, 0.15) is 48.2 Å². The second kappa shape index (κ2) is 13.2. The smallest absolute Gasteiger partial charge is 0.334 e. The third-order valence-electron chi connectivity index (χ3n) is 8.06. The molecule has 12 heteroatoms. The van der Waals surface area contributed by atoms with Gasteiger partial charge >= 0.3 is 5.69 Å². The molecule has 1 aromatic carbocycles. The molecule has 5 rings (SSSR count). The summed E-state index contributed by atoms with van der Waals surface area (Å²) in [6.45, 7) is 8.57. The van der Waals surface area contributed by atoms with Crippen LogP contribution in [0.25, 0.3) is 16.9 Å². The van der Waals surface area contributed by atoms with Gasteiger partial charge in [-0.3, -0.25) is 14.3 Å². The number of para-hydroxylation sites is 2. The molecule has 1 aliphatic rings. The first kappa shape index (κ1) is 31.2. The van der Waals surface area contributed by atoms with E-state index in [1.165, 1.54) is 6.07 Å². The summed E-state index contributed by atoms with van der Waals surface area (Å²) in [5.41, 5.74) is 0.821. The Balaban J connectivity index is 1.27. The number of halogens is 3. The fraction of sp³-hybridized carbons (Fsp3) is 0.452. The zero-order valence-corrected chi connectivity index (χ0v) is 26.5. The number of hydrogen-bond acceptors (Lipinski definition) is 4. The lowest BCUT2D eigenvalue weighted by atomic mass is 9.85. The number of ether oxygens (including phenoxy) is 1. The number of carbonyl (C=O) groups excluding carboxylic acids is 1. The first-order valence-electron chi connectivity index (χ1n) is 14.7. The topological polar surface area (TPSA) is 83.1 Å². The van der Waals surface area contributed by atoms with Crippen LogP contribution in [0.3, 0.4) is 0 Å². The predicted octanol–water partition coefficient (Wildman–Crippen LogP) is 6.88. The second-order valence-electron chi connectivity index (χ2n) is 12.5. The van der Waals surface area contributed by atoms with Gasteiger partial charge in [-0.2, -0.15) is 0 Å². The van der Waals surface area contributed by atoms with Crippen molar-refractivity contribution in [1.29, 1.82) is 0 Å². The summed E-state index contributed by atoms with van der Waals surface area (Å²) >= 11 is 5.92. The fourth-order valence-electron chi connectivity index (χ4n) is 5.68. The predicted molar refractivity (Wildman–Crippen MR) is 167 cm³/mol. The van der Waals surface area contributed by atoms with Crippen LogP contribution < -0.4 is 11.0 Å². The van der Waals surface area contributed by atoms with Gasteiger partial charge in [-0.1, -0.05) is 43.4 Å². The van der Waals surface area contributed by atoms with Crippen LogP contribution in [0.5, 0.6) is 0 Å². The molecule has 3 heterocycles. The average molecular weight is 630 g/mol. The molecule has 1 saturated carbocycles. The molecule has 43 heavy (non-hydrogen) atoms. The van der Waals surface area contributed by atoms with Gasteiger partial charge in [0.25, 0.3) is 12.3 Å². The number of amides is 1. The third kappa shape index (κ3) is 7.27. The fourth-order valence-corrected chi connectivity index (χ4v) is 6.60. The monoisotopic (exact) mass is 629 g/mol. The highest BCUT2D eigenvalue weighted by molar-refractivity contribution is 6.76. The molecule has 0 atom stereocenters. The van der Waals surface area contributed by atoms with E-state index >= 15 is 0 Å². The number of nitrogens with zero attached hydrogens (tertiary/aromatic N) is 4. The molecule has 0 aliphatic heterocycles. The number of rotatable bonds is 11. The number of aromatic nitrogens is 4. The normalized spacial score (nSPS) is 17.6. The van der Waals surface area contributed by atoms with E-state index in [0.717, 1.165) is 41.9 Å². The lowest BCUT2D eigenvalue weighted by molar-refractivity contribution is 0.0873. The SMILES string of the molecule is C[Si](C)(C)CCOCn1cccc1-n1c(=O)n(C[C@H]2CC[C@H](NC(=O)c3cc(Cl)cnc3C(F)F)CC2)c2ccccc21. The minimum Gasteiger partial charge on any atom is -0.361 e. The van der Waals surface area contributed by atoms with Crippen molar-refractivity contribution in [3.8, 4) is 5.82 Å². The summed E-state index contributed by atoms with van der Waals surface area (Å²) in [5, 5.41) is 3.01.